The van der Waals surface area contributed by atoms with Crippen LogP contribution in [0, 0.1) is 0 Å². The molecule has 2 aliphatic rings. The zero-order chi connectivity index (χ0) is 16.9. The number of rotatable bonds is 6. The molecule has 7 heteroatoms. The molecule has 1 aromatic carbocycles. The van der Waals surface area contributed by atoms with Gasteiger partial charge in [-0.05, 0) is 37.7 Å². The second-order valence-electron chi connectivity index (χ2n) is 6.12. The molecule has 1 aromatic rings. The average Bonchev–Trinajstić information content (AvgIpc) is 2.93. The lowest BCUT2D eigenvalue weighted by atomic mass is 10.2. The molecule has 24 heavy (non-hydrogen) atoms. The molecule has 3 rings (SSSR count). The summed E-state index contributed by atoms with van der Waals surface area (Å²) in [5.74, 6) is 1.32. The average molecular weight is 366 g/mol. The fourth-order valence-corrected chi connectivity index (χ4v) is 3.94. The van der Waals surface area contributed by atoms with Gasteiger partial charge in [0.05, 0.1) is 18.0 Å². The van der Waals surface area contributed by atoms with Crippen LogP contribution < -0.4 is 9.64 Å². The highest BCUT2D eigenvalue weighted by Gasteiger charge is 2.27. The minimum Gasteiger partial charge on any atom is -0.494 e. The molecular formula is C17H23N3O2S2. The number of ether oxygens (including phenoxy) is 1. The summed E-state index contributed by atoms with van der Waals surface area (Å²) in [4.78, 5) is 18.3. The van der Waals surface area contributed by atoms with Gasteiger partial charge < -0.3 is 14.5 Å². The largest absolute Gasteiger partial charge is 0.494 e. The Labute approximate surface area is 152 Å². The molecule has 0 unspecified atom stereocenters. The number of thioether (sulfide) groups is 1. The molecule has 1 amide bonds. The summed E-state index contributed by atoms with van der Waals surface area (Å²) < 4.78 is 6.44. The summed E-state index contributed by atoms with van der Waals surface area (Å²) >= 11 is 6.63. The second-order valence-corrected chi connectivity index (χ2v) is 7.73. The van der Waals surface area contributed by atoms with E-state index in [1.165, 1.54) is 11.8 Å². The molecule has 2 fully saturated rings. The van der Waals surface area contributed by atoms with E-state index in [0.717, 1.165) is 50.6 Å². The minimum absolute atomic E-state index is 0.0471. The predicted octanol–water partition coefficient (Wildman–Crippen LogP) is 2.07. The van der Waals surface area contributed by atoms with Gasteiger partial charge in [0.1, 0.15) is 10.1 Å². The van der Waals surface area contributed by atoms with Crippen LogP contribution in [0.5, 0.6) is 5.75 Å². The Morgan fingerprint density at radius 3 is 2.50 bits per heavy atom. The summed E-state index contributed by atoms with van der Waals surface area (Å²) in [6.45, 7) is 6.39. The Kier molecular flexibility index (Phi) is 6.10. The van der Waals surface area contributed by atoms with Gasteiger partial charge in [-0.2, -0.15) is 0 Å². The van der Waals surface area contributed by atoms with Crippen LogP contribution in [-0.2, 0) is 4.79 Å². The fourth-order valence-electron chi connectivity index (χ4n) is 2.84. The summed E-state index contributed by atoms with van der Waals surface area (Å²) in [5, 5.41) is 0. The van der Waals surface area contributed by atoms with E-state index in [0.29, 0.717) is 16.7 Å². The Hall–Kier alpha value is -1.15. The third-order valence-electron chi connectivity index (χ3n) is 4.33. The lowest BCUT2D eigenvalue weighted by Crippen LogP contribution is -2.44. The fraction of sp³-hybridized carbons (Fsp3) is 0.529. The number of benzene rings is 1. The first-order valence-corrected chi connectivity index (χ1v) is 9.66. The standard InChI is InChI=1S/C17H23N3O2S2/c1-18-8-10-19(11-9-18)7-2-12-22-15-5-3-14(4-6-15)20-16(21)13-24-17(20)23/h3-6H,2,7-13H2,1H3. The molecule has 2 heterocycles. The quantitative estimate of drug-likeness (QED) is 0.567. The molecule has 130 valence electrons. The smallest absolute Gasteiger partial charge is 0.243 e. The van der Waals surface area contributed by atoms with Crippen LogP contribution in [0.3, 0.4) is 0 Å². The summed E-state index contributed by atoms with van der Waals surface area (Å²) in [6.07, 6.45) is 1.02. The number of nitrogens with zero attached hydrogens (tertiary/aromatic N) is 3. The first kappa shape index (κ1) is 17.7. The number of likely N-dealkylation sites (N-methyl/N-ethyl adjacent to an activating group) is 1. The van der Waals surface area contributed by atoms with Crippen molar-refractivity contribution in [1.82, 2.24) is 9.80 Å². The van der Waals surface area contributed by atoms with Crippen molar-refractivity contribution >= 4 is 39.9 Å². The van der Waals surface area contributed by atoms with E-state index in [1.54, 1.807) is 4.90 Å². The van der Waals surface area contributed by atoms with E-state index in [4.69, 9.17) is 17.0 Å². The number of anilines is 1. The van der Waals surface area contributed by atoms with Gasteiger partial charge in [-0.1, -0.05) is 24.0 Å². The van der Waals surface area contributed by atoms with Crippen molar-refractivity contribution in [3.63, 3.8) is 0 Å². The van der Waals surface area contributed by atoms with E-state index in [1.807, 2.05) is 24.3 Å². The van der Waals surface area contributed by atoms with Gasteiger partial charge in [0.25, 0.3) is 0 Å². The predicted molar refractivity (Wildman–Crippen MR) is 103 cm³/mol. The van der Waals surface area contributed by atoms with Gasteiger partial charge >= 0.3 is 0 Å². The molecule has 2 saturated heterocycles. The number of carbonyl (C=O) groups excluding carboxylic acids is 1. The van der Waals surface area contributed by atoms with Crippen LogP contribution >= 0.6 is 24.0 Å². The van der Waals surface area contributed by atoms with E-state index in [-0.39, 0.29) is 5.91 Å². The minimum atomic E-state index is 0.0471. The summed E-state index contributed by atoms with van der Waals surface area (Å²) in [7, 11) is 2.17. The number of carbonyl (C=O) groups is 1. The molecule has 0 spiro atoms. The highest BCUT2D eigenvalue weighted by molar-refractivity contribution is 8.24. The van der Waals surface area contributed by atoms with Crippen LogP contribution in [0.15, 0.2) is 24.3 Å². The van der Waals surface area contributed by atoms with E-state index >= 15 is 0 Å². The first-order chi connectivity index (χ1) is 11.6. The molecule has 2 aliphatic heterocycles. The van der Waals surface area contributed by atoms with Crippen molar-refractivity contribution < 1.29 is 9.53 Å². The van der Waals surface area contributed by atoms with Crippen molar-refractivity contribution in [2.75, 3.05) is 57.0 Å². The Bertz CT molecular complexity index is 570. The van der Waals surface area contributed by atoms with Gasteiger partial charge in [-0.3, -0.25) is 9.69 Å². The van der Waals surface area contributed by atoms with Crippen LogP contribution in [0.1, 0.15) is 6.42 Å². The lowest BCUT2D eigenvalue weighted by Gasteiger charge is -2.32. The van der Waals surface area contributed by atoms with Crippen molar-refractivity contribution in [2.45, 2.75) is 6.42 Å². The third-order valence-corrected chi connectivity index (χ3v) is 5.69. The van der Waals surface area contributed by atoms with Gasteiger partial charge in [0, 0.05) is 32.7 Å². The van der Waals surface area contributed by atoms with Crippen LogP contribution in [-0.4, -0.2) is 72.2 Å². The number of piperazine rings is 1. The second kappa shape index (κ2) is 8.29. The van der Waals surface area contributed by atoms with Gasteiger partial charge in [-0.15, -0.1) is 0 Å². The third kappa shape index (κ3) is 4.47. The van der Waals surface area contributed by atoms with Gasteiger partial charge in [-0.25, -0.2) is 0 Å². The van der Waals surface area contributed by atoms with Crippen molar-refractivity contribution in [1.29, 1.82) is 0 Å². The molecule has 0 aromatic heterocycles. The molecule has 0 aliphatic carbocycles. The molecule has 0 saturated carbocycles. The summed E-state index contributed by atoms with van der Waals surface area (Å²) in [5.41, 5.74) is 0.819. The van der Waals surface area contributed by atoms with Gasteiger partial charge in [0.15, 0.2) is 0 Å². The summed E-state index contributed by atoms with van der Waals surface area (Å²) in [6, 6.07) is 7.60. The Morgan fingerprint density at radius 1 is 1.17 bits per heavy atom. The maximum Gasteiger partial charge on any atom is 0.243 e. The van der Waals surface area contributed by atoms with Crippen molar-refractivity contribution in [3.05, 3.63) is 24.3 Å². The Balaban J connectivity index is 1.42. The molecular weight excluding hydrogens is 342 g/mol. The lowest BCUT2D eigenvalue weighted by molar-refractivity contribution is -0.115. The monoisotopic (exact) mass is 365 g/mol. The molecule has 0 atom stereocenters. The molecule has 5 nitrogen and oxygen atoms in total. The number of hydrogen-bond acceptors (Lipinski definition) is 6. The number of amides is 1. The maximum absolute atomic E-state index is 11.8. The first-order valence-electron chi connectivity index (χ1n) is 8.27. The van der Waals surface area contributed by atoms with Crippen molar-refractivity contribution in [3.8, 4) is 5.75 Å². The van der Waals surface area contributed by atoms with E-state index < -0.39 is 0 Å². The highest BCUT2D eigenvalue weighted by atomic mass is 32.2. The molecule has 0 bridgehead atoms. The topological polar surface area (TPSA) is 36.0 Å². The zero-order valence-electron chi connectivity index (χ0n) is 13.9. The van der Waals surface area contributed by atoms with Crippen LogP contribution in [0.2, 0.25) is 0 Å². The van der Waals surface area contributed by atoms with Crippen LogP contribution in [0.4, 0.5) is 5.69 Å². The number of thiocarbonyl (C=S) groups is 1. The normalized spacial score (nSPS) is 20.0. The maximum atomic E-state index is 11.8. The van der Waals surface area contributed by atoms with Crippen LogP contribution in [0.25, 0.3) is 0 Å². The van der Waals surface area contributed by atoms with Crippen molar-refractivity contribution in [2.24, 2.45) is 0 Å². The number of hydrogen-bond donors (Lipinski definition) is 0. The highest BCUT2D eigenvalue weighted by Crippen LogP contribution is 2.28. The Morgan fingerprint density at radius 2 is 1.88 bits per heavy atom. The molecule has 0 radical (unpaired) electrons. The zero-order valence-corrected chi connectivity index (χ0v) is 15.6. The van der Waals surface area contributed by atoms with E-state index in [2.05, 4.69) is 16.8 Å². The van der Waals surface area contributed by atoms with Gasteiger partial charge in [0.2, 0.25) is 5.91 Å². The van der Waals surface area contributed by atoms with E-state index in [9.17, 15) is 4.79 Å². The molecule has 0 N–H and O–H groups in total. The SMILES string of the molecule is CN1CCN(CCCOc2ccc(N3C(=O)CSC3=S)cc2)CC1.